The van der Waals surface area contributed by atoms with Crippen LogP contribution >= 0.6 is 38.4 Å². The summed E-state index contributed by atoms with van der Waals surface area (Å²) in [5.41, 5.74) is 1.24. The topological polar surface area (TPSA) is 12.9 Å². The van der Waals surface area contributed by atoms with Crippen molar-refractivity contribution in [2.45, 2.75) is 6.42 Å². The van der Waals surface area contributed by atoms with E-state index in [9.17, 15) is 0 Å². The van der Waals surface area contributed by atoms with E-state index in [0.29, 0.717) is 0 Å². The van der Waals surface area contributed by atoms with Gasteiger partial charge in [-0.15, -0.1) is 11.7 Å². The number of hydrogen-bond acceptors (Lipinski definition) is 3. The highest BCUT2D eigenvalue weighted by Crippen LogP contribution is 2.16. The lowest BCUT2D eigenvalue weighted by Gasteiger charge is -1.99. The van der Waals surface area contributed by atoms with Gasteiger partial charge in [-0.25, -0.2) is 4.98 Å². The number of aryl methyl sites for hydroxylation is 1. The Hall–Kier alpha value is 0.330. The summed E-state index contributed by atoms with van der Waals surface area (Å²) in [6, 6.07) is 4.02. The molecule has 1 heterocycles. The molecular formula is C7H8BrNS2. The van der Waals surface area contributed by atoms with Gasteiger partial charge in [-0.1, -0.05) is 16.9 Å². The Kier molecular flexibility index (Phi) is 4.33. The summed E-state index contributed by atoms with van der Waals surface area (Å²) in [6.07, 6.45) is 2.80. The van der Waals surface area contributed by atoms with E-state index in [4.69, 9.17) is 0 Å². The minimum absolute atomic E-state index is 0.947. The van der Waals surface area contributed by atoms with Crippen molar-refractivity contribution in [1.29, 1.82) is 0 Å². The van der Waals surface area contributed by atoms with Crippen LogP contribution in [0.2, 0.25) is 0 Å². The van der Waals surface area contributed by atoms with Crippen molar-refractivity contribution in [3.8, 4) is 0 Å². The highest BCUT2D eigenvalue weighted by Gasteiger charge is 1.97. The Labute approximate surface area is 83.9 Å². The monoisotopic (exact) mass is 249 g/mol. The van der Waals surface area contributed by atoms with Crippen LogP contribution in [0.25, 0.3) is 0 Å². The van der Waals surface area contributed by atoms with Crippen LogP contribution in [0.1, 0.15) is 5.56 Å². The summed E-state index contributed by atoms with van der Waals surface area (Å²) in [5.74, 6) is 1.02. The first-order valence-electron chi connectivity index (χ1n) is 3.20. The second kappa shape index (κ2) is 5.06. The van der Waals surface area contributed by atoms with E-state index >= 15 is 0 Å². The normalized spacial score (nSPS) is 10.0. The predicted molar refractivity (Wildman–Crippen MR) is 57.1 cm³/mol. The molecule has 0 atom stereocenters. The summed E-state index contributed by atoms with van der Waals surface area (Å²) in [6.45, 7) is 0. The largest absolute Gasteiger partial charge is 0.249 e. The van der Waals surface area contributed by atoms with Gasteiger partial charge in [0.15, 0.2) is 0 Å². The highest BCUT2D eigenvalue weighted by atomic mass is 79.9. The Morgan fingerprint density at radius 3 is 3.09 bits per heavy atom. The maximum atomic E-state index is 4.11. The van der Waals surface area contributed by atoms with Crippen molar-refractivity contribution in [2.75, 3.05) is 5.75 Å². The van der Waals surface area contributed by atoms with Crippen LogP contribution in [0.4, 0.5) is 0 Å². The smallest absolute Gasteiger partial charge is 0.109 e. The van der Waals surface area contributed by atoms with Crippen LogP contribution in [-0.4, -0.2) is 10.7 Å². The molecule has 0 N–H and O–H groups in total. The molecule has 0 bridgehead atoms. The van der Waals surface area contributed by atoms with Gasteiger partial charge in [0.1, 0.15) is 4.60 Å². The van der Waals surface area contributed by atoms with Crippen molar-refractivity contribution < 1.29 is 0 Å². The Bertz CT molecular complexity index is 229. The number of aromatic nitrogens is 1. The molecule has 1 nitrogen and oxygen atoms in total. The number of thiol groups is 1. The molecule has 0 aliphatic carbocycles. The van der Waals surface area contributed by atoms with Crippen molar-refractivity contribution in [2.24, 2.45) is 0 Å². The van der Waals surface area contributed by atoms with Crippen LogP contribution < -0.4 is 0 Å². The molecular weight excluding hydrogens is 242 g/mol. The molecule has 11 heavy (non-hydrogen) atoms. The molecule has 0 saturated carbocycles. The quantitative estimate of drug-likeness (QED) is 0.503. The number of pyridine rings is 1. The second-order valence-corrected chi connectivity index (χ2v) is 4.23. The van der Waals surface area contributed by atoms with Gasteiger partial charge in [-0.05, 0) is 34.0 Å². The van der Waals surface area contributed by atoms with Crippen LogP contribution in [0.15, 0.2) is 22.9 Å². The Morgan fingerprint density at radius 2 is 2.45 bits per heavy atom. The summed E-state index contributed by atoms with van der Waals surface area (Å²) in [4.78, 5) is 4.11. The molecule has 1 aromatic rings. The molecule has 4 heteroatoms. The molecule has 1 rings (SSSR count). The van der Waals surface area contributed by atoms with Crippen molar-refractivity contribution >= 4 is 38.4 Å². The SMILES string of the molecule is SSCCc1cccnc1Br. The van der Waals surface area contributed by atoms with Crippen LogP contribution in [0, 0.1) is 0 Å². The molecule has 0 aliphatic heterocycles. The summed E-state index contributed by atoms with van der Waals surface area (Å²) < 4.78 is 0.947. The van der Waals surface area contributed by atoms with Crippen molar-refractivity contribution in [3.05, 3.63) is 28.5 Å². The second-order valence-electron chi connectivity index (χ2n) is 2.04. The molecule has 0 radical (unpaired) electrons. The third-order valence-electron chi connectivity index (χ3n) is 1.30. The van der Waals surface area contributed by atoms with Gasteiger partial charge in [0, 0.05) is 11.9 Å². The first-order chi connectivity index (χ1) is 5.34. The lowest BCUT2D eigenvalue weighted by molar-refractivity contribution is 1.09. The maximum absolute atomic E-state index is 4.11. The highest BCUT2D eigenvalue weighted by molar-refractivity contribution is 9.10. The first kappa shape index (κ1) is 9.42. The zero-order valence-electron chi connectivity index (χ0n) is 5.83. The van der Waals surface area contributed by atoms with Crippen molar-refractivity contribution in [3.63, 3.8) is 0 Å². The molecule has 0 spiro atoms. The lowest BCUT2D eigenvalue weighted by Crippen LogP contribution is -1.89. The van der Waals surface area contributed by atoms with E-state index in [1.807, 2.05) is 6.07 Å². The fourth-order valence-electron chi connectivity index (χ4n) is 0.761. The minimum Gasteiger partial charge on any atom is -0.249 e. The van der Waals surface area contributed by atoms with E-state index in [1.165, 1.54) is 5.56 Å². The zero-order chi connectivity index (χ0) is 8.10. The molecule has 0 fully saturated rings. The molecule has 0 amide bonds. The third-order valence-corrected chi connectivity index (χ3v) is 2.95. The van der Waals surface area contributed by atoms with Gasteiger partial charge in [-0.2, -0.15) is 0 Å². The van der Waals surface area contributed by atoms with Crippen LogP contribution in [-0.2, 0) is 6.42 Å². The van der Waals surface area contributed by atoms with E-state index < -0.39 is 0 Å². The summed E-state index contributed by atoms with van der Waals surface area (Å²) >= 11 is 7.45. The maximum Gasteiger partial charge on any atom is 0.109 e. The molecule has 0 saturated heterocycles. The summed E-state index contributed by atoms with van der Waals surface area (Å²) in [7, 11) is 1.55. The Morgan fingerprint density at radius 1 is 1.64 bits per heavy atom. The average Bonchev–Trinajstić information content (AvgIpc) is 2.03. The van der Waals surface area contributed by atoms with Gasteiger partial charge >= 0.3 is 0 Å². The number of nitrogens with zero attached hydrogens (tertiary/aromatic N) is 1. The van der Waals surface area contributed by atoms with Gasteiger partial charge in [0.05, 0.1) is 0 Å². The molecule has 60 valence electrons. The third kappa shape index (κ3) is 3.05. The van der Waals surface area contributed by atoms with Crippen molar-refractivity contribution in [1.82, 2.24) is 4.98 Å². The van der Waals surface area contributed by atoms with E-state index in [0.717, 1.165) is 16.8 Å². The van der Waals surface area contributed by atoms with E-state index in [-0.39, 0.29) is 0 Å². The summed E-state index contributed by atoms with van der Waals surface area (Å²) in [5, 5.41) is 0. The van der Waals surface area contributed by atoms with Gasteiger partial charge in [0.2, 0.25) is 0 Å². The molecule has 1 aromatic heterocycles. The minimum atomic E-state index is 0.947. The standard InChI is InChI=1S/C7H8BrNS2/c8-7-6(3-5-11-10)2-1-4-9-7/h1-2,4,10H,3,5H2. The zero-order valence-corrected chi connectivity index (χ0v) is 9.12. The number of hydrogen-bond donors (Lipinski definition) is 1. The predicted octanol–water partition coefficient (Wildman–Crippen LogP) is 2.96. The average molecular weight is 250 g/mol. The van der Waals surface area contributed by atoms with E-state index in [2.05, 4.69) is 38.6 Å². The fourth-order valence-corrected chi connectivity index (χ4v) is 1.80. The molecule has 0 aliphatic rings. The lowest BCUT2D eigenvalue weighted by atomic mass is 10.2. The fraction of sp³-hybridized carbons (Fsp3) is 0.286. The van der Waals surface area contributed by atoms with Crippen LogP contribution in [0.3, 0.4) is 0 Å². The number of rotatable bonds is 3. The van der Waals surface area contributed by atoms with Gasteiger partial charge < -0.3 is 0 Å². The van der Waals surface area contributed by atoms with Gasteiger partial charge in [-0.3, -0.25) is 0 Å². The number of halogens is 1. The Balaban J connectivity index is 2.62. The first-order valence-corrected chi connectivity index (χ1v) is 6.03. The van der Waals surface area contributed by atoms with E-state index in [1.54, 1.807) is 17.0 Å². The van der Waals surface area contributed by atoms with Gasteiger partial charge in [0.25, 0.3) is 0 Å². The molecule has 0 aromatic carbocycles. The van der Waals surface area contributed by atoms with Crippen LogP contribution in [0.5, 0.6) is 0 Å². The molecule has 0 unspecified atom stereocenters.